The Balaban J connectivity index is 1.47. The lowest BCUT2D eigenvalue weighted by atomic mass is 9.82. The Morgan fingerprint density at radius 1 is 0.857 bits per heavy atom. The van der Waals surface area contributed by atoms with Crippen molar-refractivity contribution < 1.29 is 0 Å². The molecule has 0 spiro atoms. The lowest BCUT2D eigenvalue weighted by Crippen LogP contribution is -2.32. The van der Waals surface area contributed by atoms with Gasteiger partial charge in [0.1, 0.15) is 0 Å². The van der Waals surface area contributed by atoms with E-state index >= 15 is 0 Å². The Hall–Kier alpha value is -1.31. The summed E-state index contributed by atoms with van der Waals surface area (Å²) in [6.07, 6.45) is 5.13. The van der Waals surface area contributed by atoms with Crippen molar-refractivity contribution in [3.05, 3.63) is 70.7 Å². The van der Waals surface area contributed by atoms with Crippen LogP contribution < -0.4 is 5.32 Å². The molecular weight excluding hydrogens is 278 g/mol. The normalized spacial score (nSPS) is 22.1. The maximum Gasteiger partial charge on any atom is 0.0406 e. The number of hydrogen-bond acceptors (Lipinski definition) is 1. The number of halogens is 1. The highest BCUT2D eigenvalue weighted by Crippen LogP contribution is 2.32. The Labute approximate surface area is 132 Å². The van der Waals surface area contributed by atoms with Crippen LogP contribution in [0.2, 0.25) is 5.02 Å². The minimum absolute atomic E-state index is 0.653. The van der Waals surface area contributed by atoms with Gasteiger partial charge < -0.3 is 5.32 Å². The molecule has 0 bridgehead atoms. The van der Waals surface area contributed by atoms with Crippen LogP contribution in [0, 0.1) is 0 Å². The van der Waals surface area contributed by atoms with Gasteiger partial charge >= 0.3 is 0 Å². The van der Waals surface area contributed by atoms with Crippen LogP contribution >= 0.6 is 11.6 Å². The van der Waals surface area contributed by atoms with Gasteiger partial charge in [0.05, 0.1) is 0 Å². The van der Waals surface area contributed by atoms with Crippen molar-refractivity contribution in [1.82, 2.24) is 5.32 Å². The standard InChI is InChI=1S/C19H22ClN/c20-18-10-6-15(7-11-18)14-21-19-12-8-17(9-13-19)16-4-2-1-3-5-16/h1-7,10-11,17,19,21H,8-9,12-14H2. The zero-order chi connectivity index (χ0) is 14.5. The summed E-state index contributed by atoms with van der Waals surface area (Å²) < 4.78 is 0. The molecule has 3 rings (SSSR count). The number of hydrogen-bond donors (Lipinski definition) is 1. The molecule has 21 heavy (non-hydrogen) atoms. The van der Waals surface area contributed by atoms with Crippen molar-refractivity contribution >= 4 is 11.6 Å². The van der Waals surface area contributed by atoms with Crippen molar-refractivity contribution in [2.24, 2.45) is 0 Å². The predicted octanol–water partition coefficient (Wildman–Crippen LogP) is 5.16. The van der Waals surface area contributed by atoms with E-state index in [9.17, 15) is 0 Å². The molecule has 1 saturated carbocycles. The molecule has 0 amide bonds. The molecule has 0 unspecified atom stereocenters. The first-order chi connectivity index (χ1) is 10.3. The quantitative estimate of drug-likeness (QED) is 0.822. The van der Waals surface area contributed by atoms with Crippen molar-refractivity contribution in [1.29, 1.82) is 0 Å². The van der Waals surface area contributed by atoms with E-state index in [-0.39, 0.29) is 0 Å². The highest BCUT2D eigenvalue weighted by atomic mass is 35.5. The summed E-state index contributed by atoms with van der Waals surface area (Å²) in [5.41, 5.74) is 2.82. The second-order valence-electron chi connectivity index (χ2n) is 5.97. The van der Waals surface area contributed by atoms with E-state index in [1.807, 2.05) is 12.1 Å². The fourth-order valence-electron chi connectivity index (χ4n) is 3.22. The van der Waals surface area contributed by atoms with Gasteiger partial charge in [0.2, 0.25) is 0 Å². The summed E-state index contributed by atoms with van der Waals surface area (Å²) >= 11 is 5.91. The van der Waals surface area contributed by atoms with Crippen molar-refractivity contribution in [2.45, 2.75) is 44.2 Å². The Morgan fingerprint density at radius 2 is 1.52 bits per heavy atom. The fraction of sp³-hybridized carbons (Fsp3) is 0.368. The zero-order valence-electron chi connectivity index (χ0n) is 12.3. The van der Waals surface area contributed by atoms with Crippen molar-refractivity contribution in [2.75, 3.05) is 0 Å². The summed E-state index contributed by atoms with van der Waals surface area (Å²) in [6, 6.07) is 19.7. The largest absolute Gasteiger partial charge is 0.310 e. The van der Waals surface area contributed by atoms with E-state index in [2.05, 4.69) is 47.8 Å². The number of rotatable bonds is 4. The third kappa shape index (κ3) is 4.09. The van der Waals surface area contributed by atoms with Gasteiger partial charge in [0.15, 0.2) is 0 Å². The summed E-state index contributed by atoms with van der Waals surface area (Å²) in [6.45, 7) is 0.942. The molecule has 0 aromatic heterocycles. The lowest BCUT2D eigenvalue weighted by Gasteiger charge is -2.29. The van der Waals surface area contributed by atoms with Crippen LogP contribution in [-0.2, 0) is 6.54 Å². The van der Waals surface area contributed by atoms with Crippen molar-refractivity contribution in [3.63, 3.8) is 0 Å². The molecule has 110 valence electrons. The van der Waals surface area contributed by atoms with Crippen LogP contribution in [-0.4, -0.2) is 6.04 Å². The van der Waals surface area contributed by atoms with Crippen LogP contribution in [0.4, 0.5) is 0 Å². The summed E-state index contributed by atoms with van der Waals surface area (Å²) in [5, 5.41) is 4.49. The molecule has 2 heteroatoms. The maximum absolute atomic E-state index is 5.91. The average Bonchev–Trinajstić information content (AvgIpc) is 2.56. The van der Waals surface area contributed by atoms with Crippen LogP contribution in [0.15, 0.2) is 54.6 Å². The van der Waals surface area contributed by atoms with Gasteiger partial charge in [-0.05, 0) is 54.9 Å². The van der Waals surface area contributed by atoms with E-state index in [0.29, 0.717) is 6.04 Å². The minimum Gasteiger partial charge on any atom is -0.310 e. The third-order valence-corrected chi connectivity index (χ3v) is 4.76. The molecule has 0 aliphatic heterocycles. The molecule has 0 radical (unpaired) electrons. The minimum atomic E-state index is 0.653. The zero-order valence-corrected chi connectivity index (χ0v) is 13.0. The van der Waals surface area contributed by atoms with Crippen LogP contribution in [0.3, 0.4) is 0 Å². The van der Waals surface area contributed by atoms with Crippen molar-refractivity contribution in [3.8, 4) is 0 Å². The van der Waals surface area contributed by atoms with E-state index < -0.39 is 0 Å². The Kier molecular flexibility index (Phi) is 4.95. The Bertz CT molecular complexity index is 542. The lowest BCUT2D eigenvalue weighted by molar-refractivity contribution is 0.341. The molecular formula is C19H22ClN. The SMILES string of the molecule is Clc1ccc(CNC2CCC(c3ccccc3)CC2)cc1. The smallest absolute Gasteiger partial charge is 0.0406 e. The monoisotopic (exact) mass is 299 g/mol. The molecule has 1 fully saturated rings. The van der Waals surface area contributed by atoms with Gasteiger partial charge in [-0.3, -0.25) is 0 Å². The second kappa shape index (κ2) is 7.11. The molecule has 1 aliphatic rings. The average molecular weight is 300 g/mol. The summed E-state index contributed by atoms with van der Waals surface area (Å²) in [7, 11) is 0. The van der Waals surface area contributed by atoms with E-state index in [4.69, 9.17) is 11.6 Å². The second-order valence-corrected chi connectivity index (χ2v) is 6.40. The van der Waals surface area contributed by atoms with Crippen LogP contribution in [0.5, 0.6) is 0 Å². The fourth-order valence-corrected chi connectivity index (χ4v) is 3.35. The Morgan fingerprint density at radius 3 is 2.19 bits per heavy atom. The van der Waals surface area contributed by atoms with Gasteiger partial charge in [0, 0.05) is 17.6 Å². The first-order valence-corrected chi connectivity index (χ1v) is 8.22. The van der Waals surface area contributed by atoms with Gasteiger partial charge in [-0.15, -0.1) is 0 Å². The van der Waals surface area contributed by atoms with Crippen LogP contribution in [0.1, 0.15) is 42.7 Å². The van der Waals surface area contributed by atoms with E-state index in [1.54, 1.807) is 0 Å². The van der Waals surface area contributed by atoms with Crippen LogP contribution in [0.25, 0.3) is 0 Å². The van der Waals surface area contributed by atoms with E-state index in [0.717, 1.165) is 17.5 Å². The molecule has 1 nitrogen and oxygen atoms in total. The maximum atomic E-state index is 5.91. The highest BCUT2D eigenvalue weighted by Gasteiger charge is 2.21. The predicted molar refractivity (Wildman–Crippen MR) is 89.7 cm³/mol. The topological polar surface area (TPSA) is 12.0 Å². The molecule has 1 N–H and O–H groups in total. The van der Waals surface area contributed by atoms with Gasteiger partial charge in [-0.25, -0.2) is 0 Å². The molecule has 2 aromatic carbocycles. The molecule has 0 heterocycles. The van der Waals surface area contributed by atoms with E-state index in [1.165, 1.54) is 36.8 Å². The molecule has 2 aromatic rings. The van der Waals surface area contributed by atoms with Gasteiger partial charge in [-0.2, -0.15) is 0 Å². The van der Waals surface area contributed by atoms with Gasteiger partial charge in [-0.1, -0.05) is 54.1 Å². The first-order valence-electron chi connectivity index (χ1n) is 7.84. The number of nitrogens with one attached hydrogen (secondary N) is 1. The van der Waals surface area contributed by atoms with Gasteiger partial charge in [0.25, 0.3) is 0 Å². The summed E-state index contributed by atoms with van der Waals surface area (Å²) in [5.74, 6) is 0.750. The molecule has 1 aliphatic carbocycles. The third-order valence-electron chi connectivity index (χ3n) is 4.51. The summed E-state index contributed by atoms with van der Waals surface area (Å²) in [4.78, 5) is 0. The molecule has 0 atom stereocenters. The molecule has 0 saturated heterocycles. The first kappa shape index (κ1) is 14.6. The number of benzene rings is 2. The highest BCUT2D eigenvalue weighted by molar-refractivity contribution is 6.30.